The molecule has 2 aromatic carbocycles. The highest BCUT2D eigenvalue weighted by molar-refractivity contribution is 5.87. The monoisotopic (exact) mass is 338 g/mol. The lowest BCUT2D eigenvalue weighted by molar-refractivity contribution is -0.146. The average Bonchev–Trinajstić information content (AvgIpc) is 2.66. The van der Waals surface area contributed by atoms with E-state index in [1.54, 1.807) is 55.5 Å². The van der Waals surface area contributed by atoms with Gasteiger partial charge >= 0.3 is 5.97 Å². The van der Waals surface area contributed by atoms with Crippen molar-refractivity contribution in [2.24, 2.45) is 0 Å². The summed E-state index contributed by atoms with van der Waals surface area (Å²) < 4.78 is 10.3. The molecule has 2 rings (SSSR count). The van der Waals surface area contributed by atoms with E-state index in [0.717, 1.165) is 0 Å². The zero-order valence-electron chi connectivity index (χ0n) is 13.9. The number of carbonyl (C=O) groups excluding carboxylic acids is 2. The summed E-state index contributed by atoms with van der Waals surface area (Å²) in [5.41, 5.74) is 0.932. The Bertz CT molecular complexity index is 784. The number of para-hydroxylation sites is 1. The van der Waals surface area contributed by atoms with Crippen LogP contribution in [0.2, 0.25) is 0 Å². The lowest BCUT2D eigenvalue weighted by Crippen LogP contribution is -2.41. The smallest absolute Gasteiger partial charge is 0.333 e. The van der Waals surface area contributed by atoms with Gasteiger partial charge in [-0.3, -0.25) is 4.79 Å². The molecule has 0 spiro atoms. The number of nitrogens with one attached hydrogen (secondary N) is 1. The van der Waals surface area contributed by atoms with Crippen molar-refractivity contribution in [1.29, 1.82) is 5.26 Å². The molecule has 0 saturated heterocycles. The maximum Gasteiger partial charge on any atom is 0.333 e. The van der Waals surface area contributed by atoms with Crippen LogP contribution in [-0.4, -0.2) is 25.1 Å². The Kier molecular flexibility index (Phi) is 6.13. The van der Waals surface area contributed by atoms with E-state index >= 15 is 0 Å². The predicted octanol–water partition coefficient (Wildman–Crippen LogP) is 2.36. The second kappa shape index (κ2) is 8.50. The number of rotatable bonds is 6. The molecule has 0 fully saturated rings. The van der Waals surface area contributed by atoms with Gasteiger partial charge in [0, 0.05) is 0 Å². The highest BCUT2D eigenvalue weighted by Crippen LogP contribution is 2.19. The highest BCUT2D eigenvalue weighted by Gasteiger charge is 2.26. The van der Waals surface area contributed by atoms with Crippen molar-refractivity contribution in [3.63, 3.8) is 0 Å². The van der Waals surface area contributed by atoms with E-state index in [0.29, 0.717) is 16.9 Å². The van der Waals surface area contributed by atoms with Crippen molar-refractivity contribution in [1.82, 2.24) is 5.32 Å². The summed E-state index contributed by atoms with van der Waals surface area (Å²) in [6, 6.07) is 16.5. The van der Waals surface area contributed by atoms with Crippen molar-refractivity contribution in [3.05, 3.63) is 65.7 Å². The Labute approximate surface area is 146 Å². The number of hydrogen-bond donors (Lipinski definition) is 1. The predicted molar refractivity (Wildman–Crippen MR) is 90.6 cm³/mol. The summed E-state index contributed by atoms with van der Waals surface area (Å²) in [5.74, 6) is -0.766. The number of hydrogen-bond acceptors (Lipinski definition) is 5. The van der Waals surface area contributed by atoms with Crippen LogP contribution in [0, 0.1) is 11.3 Å². The minimum atomic E-state index is -0.934. The topological polar surface area (TPSA) is 88.4 Å². The van der Waals surface area contributed by atoms with Gasteiger partial charge in [0.1, 0.15) is 11.8 Å². The average molecular weight is 338 g/mol. The molecule has 6 heteroatoms. The minimum absolute atomic E-state index is 0.307. The summed E-state index contributed by atoms with van der Waals surface area (Å²) in [5, 5.41) is 11.7. The molecule has 2 unspecified atom stereocenters. The fourth-order valence-corrected chi connectivity index (χ4v) is 2.21. The van der Waals surface area contributed by atoms with Crippen molar-refractivity contribution in [2.75, 3.05) is 7.11 Å². The molecule has 6 nitrogen and oxygen atoms in total. The molecule has 0 heterocycles. The molecule has 0 aliphatic heterocycles. The van der Waals surface area contributed by atoms with Crippen molar-refractivity contribution in [3.8, 4) is 11.8 Å². The van der Waals surface area contributed by atoms with Crippen LogP contribution in [0.25, 0.3) is 0 Å². The van der Waals surface area contributed by atoms with Crippen LogP contribution in [0.1, 0.15) is 24.1 Å². The minimum Gasteiger partial charge on any atom is -0.480 e. The van der Waals surface area contributed by atoms with Crippen LogP contribution in [0.5, 0.6) is 5.75 Å². The third-order valence-electron chi connectivity index (χ3n) is 3.54. The molecule has 0 aliphatic carbocycles. The van der Waals surface area contributed by atoms with E-state index in [1.165, 1.54) is 7.11 Å². The molecule has 0 saturated carbocycles. The first-order valence-electron chi connectivity index (χ1n) is 7.65. The number of carbonyl (C=O) groups is 2. The maximum atomic E-state index is 12.4. The summed E-state index contributed by atoms with van der Waals surface area (Å²) in [6.45, 7) is 1.54. The molecule has 1 amide bonds. The van der Waals surface area contributed by atoms with E-state index < -0.39 is 24.0 Å². The van der Waals surface area contributed by atoms with Crippen LogP contribution >= 0.6 is 0 Å². The lowest BCUT2D eigenvalue weighted by Gasteiger charge is -2.20. The third-order valence-corrected chi connectivity index (χ3v) is 3.54. The molecular formula is C19H18N2O4. The molecule has 2 atom stereocenters. The SMILES string of the molecule is COC(=O)C(NC(=O)C(C)Oc1ccccc1C#N)c1ccccc1. The number of methoxy groups -OCH3 is 1. The van der Waals surface area contributed by atoms with Crippen LogP contribution < -0.4 is 10.1 Å². The van der Waals surface area contributed by atoms with Gasteiger partial charge in [-0.2, -0.15) is 5.26 Å². The Hall–Kier alpha value is -3.33. The first-order valence-corrected chi connectivity index (χ1v) is 7.65. The Morgan fingerprint density at radius 1 is 1.08 bits per heavy atom. The van der Waals surface area contributed by atoms with E-state index in [2.05, 4.69) is 5.32 Å². The number of nitriles is 1. The van der Waals surface area contributed by atoms with Gasteiger partial charge in [0.2, 0.25) is 0 Å². The Morgan fingerprint density at radius 2 is 1.72 bits per heavy atom. The van der Waals surface area contributed by atoms with Gasteiger partial charge < -0.3 is 14.8 Å². The number of nitrogens with zero attached hydrogens (tertiary/aromatic N) is 1. The Morgan fingerprint density at radius 3 is 2.36 bits per heavy atom. The van der Waals surface area contributed by atoms with Gasteiger partial charge in [0.15, 0.2) is 12.1 Å². The van der Waals surface area contributed by atoms with Gasteiger partial charge in [-0.25, -0.2) is 4.79 Å². The van der Waals surface area contributed by atoms with Crippen molar-refractivity contribution < 1.29 is 19.1 Å². The van der Waals surface area contributed by atoms with Gasteiger partial charge in [-0.15, -0.1) is 0 Å². The van der Waals surface area contributed by atoms with Gasteiger partial charge in [0.25, 0.3) is 5.91 Å². The molecule has 2 aromatic rings. The van der Waals surface area contributed by atoms with Crippen LogP contribution in [-0.2, 0) is 14.3 Å². The first kappa shape index (κ1) is 18.0. The number of ether oxygens (including phenoxy) is 2. The van der Waals surface area contributed by atoms with Crippen molar-refractivity contribution in [2.45, 2.75) is 19.1 Å². The lowest BCUT2D eigenvalue weighted by atomic mass is 10.1. The molecule has 0 aliphatic rings. The number of benzene rings is 2. The van der Waals surface area contributed by atoms with Crippen molar-refractivity contribution >= 4 is 11.9 Å². The highest BCUT2D eigenvalue weighted by atomic mass is 16.5. The second-order valence-electron chi connectivity index (χ2n) is 5.24. The largest absolute Gasteiger partial charge is 0.480 e. The zero-order chi connectivity index (χ0) is 18.2. The van der Waals surface area contributed by atoms with E-state index in [1.807, 2.05) is 12.1 Å². The second-order valence-corrected chi connectivity index (χ2v) is 5.24. The number of amides is 1. The van der Waals surface area contributed by atoms with Gasteiger partial charge in [-0.05, 0) is 24.6 Å². The molecule has 128 valence electrons. The summed E-state index contributed by atoms with van der Waals surface area (Å²) in [7, 11) is 1.26. The first-order chi connectivity index (χ1) is 12.1. The zero-order valence-corrected chi connectivity index (χ0v) is 13.9. The quantitative estimate of drug-likeness (QED) is 0.817. The molecule has 0 radical (unpaired) electrons. The Balaban J connectivity index is 2.12. The van der Waals surface area contributed by atoms with Crippen LogP contribution in [0.15, 0.2) is 54.6 Å². The third kappa shape index (κ3) is 4.58. The fourth-order valence-electron chi connectivity index (χ4n) is 2.21. The summed E-state index contributed by atoms with van der Waals surface area (Å²) in [6.07, 6.45) is -0.898. The van der Waals surface area contributed by atoms with E-state index in [9.17, 15) is 9.59 Å². The molecule has 1 N–H and O–H groups in total. The number of esters is 1. The molecule has 0 bridgehead atoms. The molecule has 25 heavy (non-hydrogen) atoms. The molecular weight excluding hydrogens is 320 g/mol. The summed E-state index contributed by atoms with van der Waals surface area (Å²) in [4.78, 5) is 24.4. The van der Waals surface area contributed by atoms with Gasteiger partial charge in [0.05, 0.1) is 12.7 Å². The van der Waals surface area contributed by atoms with Gasteiger partial charge in [-0.1, -0.05) is 42.5 Å². The standard InChI is InChI=1S/C19H18N2O4/c1-13(25-16-11-7-6-10-15(16)12-20)18(22)21-17(19(23)24-2)14-8-4-3-5-9-14/h3-11,13,17H,1-2H3,(H,21,22). The van der Waals surface area contributed by atoms with E-state index in [-0.39, 0.29) is 0 Å². The normalized spacial score (nSPS) is 12.4. The molecule has 0 aromatic heterocycles. The maximum absolute atomic E-state index is 12.4. The van der Waals surface area contributed by atoms with Crippen LogP contribution in [0.3, 0.4) is 0 Å². The van der Waals surface area contributed by atoms with E-state index in [4.69, 9.17) is 14.7 Å². The van der Waals surface area contributed by atoms with Crippen LogP contribution in [0.4, 0.5) is 0 Å². The fraction of sp³-hybridized carbons (Fsp3) is 0.211. The summed E-state index contributed by atoms with van der Waals surface area (Å²) >= 11 is 0.